The second-order valence-electron chi connectivity index (χ2n) is 10.7. The smallest absolute Gasteiger partial charge is 0.237 e. The van der Waals surface area contributed by atoms with Crippen LogP contribution >= 0.6 is 0 Å². The van der Waals surface area contributed by atoms with Crippen molar-refractivity contribution in [1.82, 2.24) is 20.1 Å². The van der Waals surface area contributed by atoms with Crippen molar-refractivity contribution in [2.45, 2.75) is 50.6 Å². The Morgan fingerprint density at radius 2 is 1.93 bits per heavy atom. The van der Waals surface area contributed by atoms with Crippen molar-refractivity contribution in [3.8, 4) is 11.3 Å². The maximum Gasteiger partial charge on any atom is 0.237 e. The molecule has 4 aromatic rings. The lowest BCUT2D eigenvalue weighted by Crippen LogP contribution is -2.50. The molecule has 9 nitrogen and oxygen atoms in total. The van der Waals surface area contributed by atoms with Gasteiger partial charge in [-0.25, -0.2) is 22.2 Å². The van der Waals surface area contributed by atoms with Gasteiger partial charge in [0, 0.05) is 35.5 Å². The Hall–Kier alpha value is -3.87. The lowest BCUT2D eigenvalue weighted by atomic mass is 9.89. The molecule has 220 valence electrons. The SMILES string of the molecule is CCn1nc(-c2ccc(NS(=O)(=O)Cc3ccccc3F)c(F)c2)c2c(N)ncc(C3=CC[C@@H](NC4COC4)CC3)c21. The zero-order valence-corrected chi connectivity index (χ0v) is 23.9. The summed E-state index contributed by atoms with van der Waals surface area (Å²) in [6, 6.07) is 10.5. The molecule has 6 rings (SSSR count). The van der Waals surface area contributed by atoms with Crippen molar-refractivity contribution in [2.24, 2.45) is 0 Å². The topological polar surface area (TPSA) is 124 Å². The van der Waals surface area contributed by atoms with Crippen molar-refractivity contribution in [3.63, 3.8) is 0 Å². The maximum absolute atomic E-state index is 15.3. The first kappa shape index (κ1) is 28.3. The first-order valence-electron chi connectivity index (χ1n) is 13.9. The van der Waals surface area contributed by atoms with E-state index in [2.05, 4.69) is 21.1 Å². The largest absolute Gasteiger partial charge is 0.383 e. The van der Waals surface area contributed by atoms with E-state index < -0.39 is 27.4 Å². The summed E-state index contributed by atoms with van der Waals surface area (Å²) in [4.78, 5) is 4.48. The summed E-state index contributed by atoms with van der Waals surface area (Å²) in [7, 11) is -4.08. The predicted octanol–water partition coefficient (Wildman–Crippen LogP) is 4.84. The normalized spacial score (nSPS) is 17.7. The number of rotatable bonds is 9. The zero-order valence-electron chi connectivity index (χ0n) is 23.1. The fourth-order valence-corrected chi connectivity index (χ4v) is 6.78. The van der Waals surface area contributed by atoms with Crippen molar-refractivity contribution >= 4 is 38.0 Å². The average molecular weight is 595 g/mol. The van der Waals surface area contributed by atoms with Crippen LogP contribution in [0.2, 0.25) is 0 Å². The monoisotopic (exact) mass is 594 g/mol. The van der Waals surface area contributed by atoms with Gasteiger partial charge in [0.1, 0.15) is 23.1 Å². The molecule has 0 radical (unpaired) electrons. The molecule has 0 bridgehead atoms. The Morgan fingerprint density at radius 3 is 2.60 bits per heavy atom. The number of halogens is 2. The highest BCUT2D eigenvalue weighted by molar-refractivity contribution is 7.91. The molecule has 1 saturated heterocycles. The van der Waals surface area contributed by atoms with Gasteiger partial charge in [-0.05, 0) is 50.0 Å². The van der Waals surface area contributed by atoms with Crippen LogP contribution in [0.15, 0.2) is 54.7 Å². The van der Waals surface area contributed by atoms with Gasteiger partial charge in [-0.1, -0.05) is 30.3 Å². The molecule has 1 aliphatic carbocycles. The second-order valence-corrected chi connectivity index (χ2v) is 12.4. The Morgan fingerprint density at radius 1 is 1.12 bits per heavy atom. The Labute approximate surface area is 242 Å². The molecule has 1 atom stereocenters. The molecule has 0 saturated carbocycles. The average Bonchev–Trinajstić information content (AvgIpc) is 3.34. The predicted molar refractivity (Wildman–Crippen MR) is 159 cm³/mol. The van der Waals surface area contributed by atoms with Crippen molar-refractivity contribution in [3.05, 3.63) is 77.5 Å². The Balaban J connectivity index is 1.30. The number of sulfonamides is 1. The van der Waals surface area contributed by atoms with Gasteiger partial charge < -0.3 is 15.8 Å². The van der Waals surface area contributed by atoms with Crippen LogP contribution in [0.25, 0.3) is 27.7 Å². The molecule has 42 heavy (non-hydrogen) atoms. The molecule has 0 unspecified atom stereocenters. The summed E-state index contributed by atoms with van der Waals surface area (Å²) in [6.45, 7) is 4.05. The molecule has 12 heteroatoms. The minimum Gasteiger partial charge on any atom is -0.383 e. The first-order chi connectivity index (χ1) is 20.2. The first-order valence-corrected chi connectivity index (χ1v) is 15.6. The second kappa shape index (κ2) is 11.4. The molecule has 2 aromatic carbocycles. The molecule has 0 spiro atoms. The number of allylic oxidation sites excluding steroid dienone is 1. The third kappa shape index (κ3) is 5.61. The van der Waals surface area contributed by atoms with Gasteiger partial charge in [-0.3, -0.25) is 9.40 Å². The maximum atomic E-state index is 15.3. The number of nitrogens with one attached hydrogen (secondary N) is 2. The minimum absolute atomic E-state index is 0.00906. The number of nitrogens with zero attached hydrogens (tertiary/aromatic N) is 3. The van der Waals surface area contributed by atoms with Crippen molar-refractivity contribution in [1.29, 1.82) is 0 Å². The van der Waals surface area contributed by atoms with Gasteiger partial charge in [0.25, 0.3) is 0 Å². The highest BCUT2D eigenvalue weighted by Gasteiger charge is 2.26. The third-order valence-corrected chi connectivity index (χ3v) is 9.00. The number of fused-ring (bicyclic) bond motifs is 1. The van der Waals surface area contributed by atoms with Crippen LogP contribution in [0, 0.1) is 11.6 Å². The van der Waals surface area contributed by atoms with E-state index in [4.69, 9.17) is 15.6 Å². The molecular formula is C30H32F2N6O3S. The number of ether oxygens (including phenoxy) is 1. The third-order valence-electron chi connectivity index (χ3n) is 7.77. The summed E-state index contributed by atoms with van der Waals surface area (Å²) in [5.74, 6) is -1.79. The van der Waals surface area contributed by atoms with Crippen LogP contribution in [-0.4, -0.2) is 48.5 Å². The number of anilines is 2. The van der Waals surface area contributed by atoms with Crippen molar-refractivity contribution in [2.75, 3.05) is 23.7 Å². The number of hydrogen-bond donors (Lipinski definition) is 3. The van der Waals surface area contributed by atoms with Crippen LogP contribution in [0.4, 0.5) is 20.3 Å². The quantitative estimate of drug-likeness (QED) is 0.253. The standard InChI is InChI=1S/C30H32F2N6O3S/c1-2-38-29-23(18-7-10-21(11-8-18)35-22-15-41-16-22)14-34-30(33)27(29)28(36-38)19-9-12-26(25(32)13-19)37-42(39,40)17-20-5-3-4-6-24(20)31/h3-7,9,12-14,21-22,35,37H,2,8,10-11,15-17H2,1H3,(H2,33,34)/t21-/m1/s1. The van der Waals surface area contributed by atoms with Gasteiger partial charge in [-0.15, -0.1) is 0 Å². The van der Waals surface area contributed by atoms with Crippen LogP contribution in [0.5, 0.6) is 0 Å². The van der Waals surface area contributed by atoms with Crippen LogP contribution in [-0.2, 0) is 27.1 Å². The van der Waals surface area contributed by atoms with Gasteiger partial charge in [-0.2, -0.15) is 5.10 Å². The highest BCUT2D eigenvalue weighted by atomic mass is 32.2. The fourth-order valence-electron chi connectivity index (χ4n) is 5.57. The summed E-state index contributed by atoms with van der Waals surface area (Å²) >= 11 is 0. The number of aromatic nitrogens is 3. The summed E-state index contributed by atoms with van der Waals surface area (Å²) in [6.07, 6.45) is 6.77. The molecule has 0 amide bonds. The summed E-state index contributed by atoms with van der Waals surface area (Å²) < 4.78 is 64.0. The summed E-state index contributed by atoms with van der Waals surface area (Å²) in [5.41, 5.74) is 9.96. The van der Waals surface area contributed by atoms with Crippen molar-refractivity contribution < 1.29 is 21.9 Å². The number of hydrogen-bond acceptors (Lipinski definition) is 7. The van der Waals surface area contributed by atoms with E-state index in [9.17, 15) is 12.8 Å². The van der Waals surface area contributed by atoms with Gasteiger partial charge in [0.2, 0.25) is 10.0 Å². The van der Waals surface area contributed by atoms with Crippen LogP contribution in [0.1, 0.15) is 37.3 Å². The van der Waals surface area contributed by atoms with Gasteiger partial charge in [0.15, 0.2) is 0 Å². The Bertz CT molecular complexity index is 1790. The lowest BCUT2D eigenvalue weighted by molar-refractivity contribution is -0.0103. The van der Waals surface area contributed by atoms with Crippen LogP contribution in [0.3, 0.4) is 0 Å². The van der Waals surface area contributed by atoms with Gasteiger partial charge in [0.05, 0.1) is 41.6 Å². The molecule has 1 fully saturated rings. The van der Waals surface area contributed by atoms with E-state index in [-0.39, 0.29) is 17.1 Å². The minimum atomic E-state index is -4.08. The molecule has 3 heterocycles. The van der Waals surface area contributed by atoms with E-state index in [1.165, 1.54) is 35.9 Å². The highest BCUT2D eigenvalue weighted by Crippen LogP contribution is 2.38. The number of nitrogens with two attached hydrogens (primary N) is 1. The Kier molecular flexibility index (Phi) is 7.69. The van der Waals surface area contributed by atoms with Crippen LogP contribution < -0.4 is 15.8 Å². The van der Waals surface area contributed by atoms with E-state index >= 15 is 4.39 Å². The summed E-state index contributed by atoms with van der Waals surface area (Å²) in [5, 5.41) is 9.04. The van der Waals surface area contributed by atoms with E-state index in [1.54, 1.807) is 18.3 Å². The number of benzene rings is 2. The molecule has 1 aliphatic heterocycles. The zero-order chi connectivity index (χ0) is 29.4. The molecule has 4 N–H and O–H groups in total. The van der Waals surface area contributed by atoms with E-state index in [0.717, 1.165) is 43.6 Å². The van der Waals surface area contributed by atoms with E-state index in [1.807, 2.05) is 11.6 Å². The molecule has 2 aromatic heterocycles. The molecule has 2 aliphatic rings. The lowest BCUT2D eigenvalue weighted by Gasteiger charge is -2.33. The number of aryl methyl sites for hydroxylation is 1. The number of pyridine rings is 1. The number of nitrogen functional groups attached to an aromatic ring is 1. The fraction of sp³-hybridized carbons (Fsp3) is 0.333. The van der Waals surface area contributed by atoms with Gasteiger partial charge >= 0.3 is 0 Å². The van der Waals surface area contributed by atoms with E-state index in [0.29, 0.717) is 35.3 Å². The molecular weight excluding hydrogens is 562 g/mol.